The number of anilines is 2. The van der Waals surface area contributed by atoms with Crippen LogP contribution in [0.1, 0.15) is 24.1 Å². The molecule has 0 amide bonds. The summed E-state index contributed by atoms with van der Waals surface area (Å²) in [6.45, 7) is 3.61. The topological polar surface area (TPSA) is 115 Å². The molecule has 220 valence electrons. The molecular formula is C30H34F2N8O2. The Bertz CT molecular complexity index is 1600. The molecule has 10 nitrogen and oxygen atoms in total. The normalized spacial score (nSPS) is 14.6. The molecule has 0 spiro atoms. The summed E-state index contributed by atoms with van der Waals surface area (Å²) in [6.07, 6.45) is 5.09. The van der Waals surface area contributed by atoms with Crippen LogP contribution in [0, 0.1) is 18.6 Å². The largest absolute Gasteiger partial charge is 0.495 e. The molecular weight excluding hydrogens is 542 g/mol. The average Bonchev–Trinajstić information content (AvgIpc) is 3.45. The first-order chi connectivity index (χ1) is 20.2. The van der Waals surface area contributed by atoms with Crippen LogP contribution in [0.4, 0.5) is 25.8 Å². The number of aryl methyl sites for hydroxylation is 1. The molecule has 42 heavy (non-hydrogen) atoms. The van der Waals surface area contributed by atoms with Gasteiger partial charge in [0.1, 0.15) is 17.4 Å². The van der Waals surface area contributed by atoms with Crippen molar-refractivity contribution < 1.29 is 18.3 Å². The van der Waals surface area contributed by atoms with Crippen molar-refractivity contribution in [3.63, 3.8) is 0 Å². The predicted octanol–water partition coefficient (Wildman–Crippen LogP) is 5.24. The summed E-state index contributed by atoms with van der Waals surface area (Å²) >= 11 is 0. The Hall–Kier alpha value is -4.71. The number of piperidine rings is 1. The molecule has 2 aromatic heterocycles. The highest BCUT2D eigenvalue weighted by Gasteiger charge is 2.20. The van der Waals surface area contributed by atoms with Crippen LogP contribution in [-0.4, -0.2) is 65.8 Å². The zero-order valence-electron chi connectivity index (χ0n) is 24.0. The van der Waals surface area contributed by atoms with Crippen LogP contribution in [0.25, 0.3) is 5.69 Å². The van der Waals surface area contributed by atoms with Crippen LogP contribution in [0.2, 0.25) is 0 Å². The molecule has 12 heteroatoms. The first-order valence-electron chi connectivity index (χ1n) is 13.6. The highest BCUT2D eigenvalue weighted by molar-refractivity contribution is 6.05. The zero-order valence-corrected chi connectivity index (χ0v) is 24.0. The van der Waals surface area contributed by atoms with E-state index in [0.29, 0.717) is 28.7 Å². The van der Waals surface area contributed by atoms with E-state index < -0.39 is 11.6 Å². The minimum atomic E-state index is -0.644. The number of methoxy groups -OCH3 is 1. The summed E-state index contributed by atoms with van der Waals surface area (Å²) in [7, 11) is 5.53. The lowest BCUT2D eigenvalue weighted by molar-refractivity contribution is 0.263. The van der Waals surface area contributed by atoms with E-state index in [4.69, 9.17) is 15.2 Å². The number of amidine groups is 1. The molecule has 0 radical (unpaired) electrons. The van der Waals surface area contributed by atoms with Gasteiger partial charge in [-0.25, -0.2) is 18.5 Å². The van der Waals surface area contributed by atoms with Crippen molar-refractivity contribution in [2.45, 2.75) is 25.8 Å². The van der Waals surface area contributed by atoms with Gasteiger partial charge in [-0.1, -0.05) is 0 Å². The Morgan fingerprint density at radius 2 is 1.83 bits per heavy atom. The van der Waals surface area contributed by atoms with Crippen molar-refractivity contribution in [1.82, 2.24) is 19.7 Å². The number of hydrogen-bond acceptors (Lipinski definition) is 8. The fraction of sp³-hybridized carbons (Fsp3) is 0.300. The van der Waals surface area contributed by atoms with E-state index in [1.54, 1.807) is 39.4 Å². The van der Waals surface area contributed by atoms with Gasteiger partial charge in [0.05, 0.1) is 36.1 Å². The SMILES string of the molecule is CNc1cc(OC)c(NC2CCN(C)CC2)cc1C(N)=Nc1ccc(Oc2ccn(-c3cnc(C)c(F)c3)n2)c(F)c1. The van der Waals surface area contributed by atoms with Crippen molar-refractivity contribution in [1.29, 1.82) is 0 Å². The van der Waals surface area contributed by atoms with E-state index in [0.717, 1.165) is 37.3 Å². The quantitative estimate of drug-likeness (QED) is 0.183. The number of ether oxygens (including phenoxy) is 2. The maximum Gasteiger partial charge on any atom is 0.238 e. The van der Waals surface area contributed by atoms with Crippen LogP contribution in [0.5, 0.6) is 17.4 Å². The Morgan fingerprint density at radius 1 is 1.05 bits per heavy atom. The second-order valence-electron chi connectivity index (χ2n) is 10.1. The molecule has 4 aromatic rings. The van der Waals surface area contributed by atoms with Crippen LogP contribution in [0.15, 0.2) is 59.9 Å². The molecule has 0 saturated carbocycles. The lowest BCUT2D eigenvalue weighted by atomic mass is 10.0. The van der Waals surface area contributed by atoms with Gasteiger partial charge in [-0.2, -0.15) is 0 Å². The molecule has 0 atom stereocenters. The van der Waals surface area contributed by atoms with Gasteiger partial charge in [-0.3, -0.25) is 4.98 Å². The highest BCUT2D eigenvalue weighted by Crippen LogP contribution is 2.34. The van der Waals surface area contributed by atoms with E-state index in [1.165, 1.54) is 29.1 Å². The van der Waals surface area contributed by atoms with Crippen molar-refractivity contribution in [3.05, 3.63) is 77.8 Å². The van der Waals surface area contributed by atoms with E-state index in [1.807, 2.05) is 12.1 Å². The van der Waals surface area contributed by atoms with Crippen molar-refractivity contribution >= 4 is 22.9 Å². The van der Waals surface area contributed by atoms with E-state index in [2.05, 4.69) is 37.7 Å². The third-order valence-corrected chi connectivity index (χ3v) is 7.18. The molecule has 1 aliphatic heterocycles. The van der Waals surface area contributed by atoms with Gasteiger partial charge in [0.15, 0.2) is 11.6 Å². The summed E-state index contributed by atoms with van der Waals surface area (Å²) in [6, 6.07) is 11.2. The van der Waals surface area contributed by atoms with Crippen molar-refractivity contribution in [3.8, 4) is 23.1 Å². The molecule has 4 N–H and O–H groups in total. The number of pyridine rings is 1. The van der Waals surface area contributed by atoms with Gasteiger partial charge < -0.3 is 30.7 Å². The number of aliphatic imine (C=N–C) groups is 1. The van der Waals surface area contributed by atoms with Gasteiger partial charge in [-0.05, 0) is 58.1 Å². The summed E-state index contributed by atoms with van der Waals surface area (Å²) in [5.74, 6) is -0.112. The van der Waals surface area contributed by atoms with Crippen LogP contribution in [-0.2, 0) is 0 Å². The van der Waals surface area contributed by atoms with Gasteiger partial charge in [0, 0.05) is 54.8 Å². The Kier molecular flexibility index (Phi) is 8.53. The summed E-state index contributed by atoms with van der Waals surface area (Å²) < 4.78 is 41.6. The van der Waals surface area contributed by atoms with Crippen LogP contribution >= 0.6 is 0 Å². The summed E-state index contributed by atoms with van der Waals surface area (Å²) in [4.78, 5) is 10.8. The first kappa shape index (κ1) is 28.8. The summed E-state index contributed by atoms with van der Waals surface area (Å²) in [5.41, 5.74) is 9.65. The molecule has 1 saturated heterocycles. The average molecular weight is 577 g/mol. The Balaban J connectivity index is 1.34. The molecule has 0 aliphatic carbocycles. The maximum atomic E-state index is 15.0. The van der Waals surface area contributed by atoms with Gasteiger partial charge >= 0.3 is 0 Å². The number of nitrogens with two attached hydrogens (primary N) is 1. The smallest absolute Gasteiger partial charge is 0.238 e. The molecule has 2 aromatic carbocycles. The van der Waals surface area contributed by atoms with Crippen molar-refractivity contribution in [2.24, 2.45) is 10.7 Å². The Labute approximate surface area is 243 Å². The standard InChI is InChI=1S/C30H34F2N8O2/c1-18-23(31)14-21(17-35-18)40-12-9-29(38-40)42-27-6-5-20(13-24(27)32)37-30(33)22-15-26(28(41-4)16-25(22)34-2)36-19-7-10-39(3)11-8-19/h5-6,9,12-17,19,34,36H,7-8,10-11H2,1-4H3,(H2,33,37). The maximum absolute atomic E-state index is 15.0. The van der Waals surface area contributed by atoms with E-state index in [-0.39, 0.29) is 23.2 Å². The molecule has 0 bridgehead atoms. The van der Waals surface area contributed by atoms with Crippen molar-refractivity contribution in [2.75, 3.05) is 44.9 Å². The number of hydrogen-bond donors (Lipinski definition) is 3. The number of nitrogens with one attached hydrogen (secondary N) is 2. The number of aromatic nitrogens is 3. The van der Waals surface area contributed by atoms with Gasteiger partial charge in [0.25, 0.3) is 0 Å². The molecule has 1 fully saturated rings. The molecule has 3 heterocycles. The fourth-order valence-corrected chi connectivity index (χ4v) is 4.73. The lowest BCUT2D eigenvalue weighted by Gasteiger charge is -2.30. The van der Waals surface area contributed by atoms with Gasteiger partial charge in [0.2, 0.25) is 5.88 Å². The number of rotatable bonds is 9. The molecule has 1 aliphatic rings. The number of likely N-dealkylation sites (tertiary alicyclic amines) is 1. The van der Waals surface area contributed by atoms with Crippen LogP contribution < -0.4 is 25.8 Å². The van der Waals surface area contributed by atoms with E-state index in [9.17, 15) is 4.39 Å². The predicted molar refractivity (Wildman–Crippen MR) is 160 cm³/mol. The number of nitrogens with zero attached hydrogens (tertiary/aromatic N) is 5. The zero-order chi connectivity index (χ0) is 29.8. The molecule has 0 unspecified atom stereocenters. The monoisotopic (exact) mass is 576 g/mol. The first-order valence-corrected chi connectivity index (χ1v) is 13.6. The molecule has 5 rings (SSSR count). The Morgan fingerprint density at radius 3 is 2.52 bits per heavy atom. The third kappa shape index (κ3) is 6.44. The summed E-state index contributed by atoms with van der Waals surface area (Å²) in [5, 5.41) is 11.0. The van der Waals surface area contributed by atoms with Gasteiger partial charge in [-0.15, -0.1) is 5.10 Å². The van der Waals surface area contributed by atoms with E-state index >= 15 is 4.39 Å². The highest BCUT2D eigenvalue weighted by atomic mass is 19.1. The third-order valence-electron chi connectivity index (χ3n) is 7.18. The second-order valence-corrected chi connectivity index (χ2v) is 10.1. The number of halogens is 2. The minimum Gasteiger partial charge on any atom is -0.495 e. The lowest BCUT2D eigenvalue weighted by Crippen LogP contribution is -2.36. The fourth-order valence-electron chi connectivity index (χ4n) is 4.73. The minimum absolute atomic E-state index is 0.0454. The second kappa shape index (κ2) is 12.4. The number of benzene rings is 2. The van der Waals surface area contributed by atoms with Crippen LogP contribution in [0.3, 0.4) is 0 Å².